The number of rotatable bonds is 7. The molecule has 1 aliphatic rings. The third-order valence-corrected chi connectivity index (χ3v) is 4.30. The Labute approximate surface area is 116 Å². The fraction of sp³-hybridized carbons (Fsp3) is 0.625. The number of hydrogen-bond acceptors (Lipinski definition) is 1. The van der Waals surface area contributed by atoms with E-state index in [2.05, 4.69) is 31.3 Å². The highest BCUT2D eigenvalue weighted by Crippen LogP contribution is 2.31. The van der Waals surface area contributed by atoms with Crippen LogP contribution in [0.25, 0.3) is 0 Å². The topological polar surface area (TPSA) is 12.0 Å². The van der Waals surface area contributed by atoms with Gasteiger partial charge in [0.15, 0.2) is 0 Å². The molecule has 2 unspecified atom stereocenters. The zero-order valence-electron chi connectivity index (χ0n) is 11.5. The maximum atomic E-state index is 6.35. The maximum absolute atomic E-state index is 6.35. The molecule has 2 atom stereocenters. The molecule has 2 rings (SSSR count). The van der Waals surface area contributed by atoms with Crippen molar-refractivity contribution in [1.29, 1.82) is 0 Å². The van der Waals surface area contributed by atoms with Gasteiger partial charge < -0.3 is 5.32 Å². The summed E-state index contributed by atoms with van der Waals surface area (Å²) in [6.45, 7) is 5.67. The van der Waals surface area contributed by atoms with Gasteiger partial charge in [0.1, 0.15) is 0 Å². The van der Waals surface area contributed by atoms with E-state index in [1.54, 1.807) is 0 Å². The van der Waals surface area contributed by atoms with Crippen LogP contribution in [0.5, 0.6) is 0 Å². The van der Waals surface area contributed by atoms with Crippen molar-refractivity contribution in [1.82, 2.24) is 5.32 Å². The standard InChI is InChI=1S/C16H24ClN/c1-3-12(2)10-13(11-18-14-8-9-14)15-6-4-5-7-16(15)17/h4-7,12-14,18H,3,8-11H2,1-2H3. The van der Waals surface area contributed by atoms with Gasteiger partial charge in [-0.05, 0) is 42.7 Å². The van der Waals surface area contributed by atoms with Gasteiger partial charge in [0.2, 0.25) is 0 Å². The van der Waals surface area contributed by atoms with Gasteiger partial charge in [-0.25, -0.2) is 0 Å². The monoisotopic (exact) mass is 265 g/mol. The van der Waals surface area contributed by atoms with Crippen LogP contribution in [-0.2, 0) is 0 Å². The van der Waals surface area contributed by atoms with E-state index in [0.29, 0.717) is 5.92 Å². The van der Waals surface area contributed by atoms with Crippen molar-refractivity contribution in [3.8, 4) is 0 Å². The van der Waals surface area contributed by atoms with Crippen LogP contribution in [0.4, 0.5) is 0 Å². The molecular weight excluding hydrogens is 242 g/mol. The van der Waals surface area contributed by atoms with Crippen molar-refractivity contribution in [3.05, 3.63) is 34.9 Å². The van der Waals surface area contributed by atoms with Crippen LogP contribution < -0.4 is 5.32 Å². The first-order valence-corrected chi connectivity index (χ1v) is 7.56. The van der Waals surface area contributed by atoms with Crippen molar-refractivity contribution in [2.45, 2.75) is 51.5 Å². The summed E-state index contributed by atoms with van der Waals surface area (Å²) < 4.78 is 0. The lowest BCUT2D eigenvalue weighted by Crippen LogP contribution is -2.25. The molecule has 1 aromatic rings. The van der Waals surface area contributed by atoms with Crippen molar-refractivity contribution in [3.63, 3.8) is 0 Å². The summed E-state index contributed by atoms with van der Waals surface area (Å²) in [6, 6.07) is 9.08. The van der Waals surface area contributed by atoms with Crippen LogP contribution in [0.2, 0.25) is 5.02 Å². The van der Waals surface area contributed by atoms with Gasteiger partial charge in [-0.15, -0.1) is 0 Å². The number of hydrogen-bond donors (Lipinski definition) is 1. The molecule has 0 bridgehead atoms. The maximum Gasteiger partial charge on any atom is 0.0441 e. The molecule has 1 aliphatic carbocycles. The summed E-state index contributed by atoms with van der Waals surface area (Å²) in [6.07, 6.45) is 5.15. The van der Waals surface area contributed by atoms with Crippen molar-refractivity contribution >= 4 is 11.6 Å². The van der Waals surface area contributed by atoms with Crippen LogP contribution in [0, 0.1) is 5.92 Å². The molecule has 0 saturated heterocycles. The average Bonchev–Trinajstić information content (AvgIpc) is 3.19. The summed E-state index contributed by atoms with van der Waals surface area (Å²) in [5.41, 5.74) is 1.31. The minimum absolute atomic E-state index is 0.550. The van der Waals surface area contributed by atoms with Gasteiger partial charge in [0, 0.05) is 17.6 Å². The number of nitrogens with one attached hydrogen (secondary N) is 1. The van der Waals surface area contributed by atoms with E-state index in [1.807, 2.05) is 12.1 Å². The minimum atomic E-state index is 0.550. The van der Waals surface area contributed by atoms with E-state index in [4.69, 9.17) is 11.6 Å². The largest absolute Gasteiger partial charge is 0.313 e. The van der Waals surface area contributed by atoms with Gasteiger partial charge in [-0.2, -0.15) is 0 Å². The molecule has 1 saturated carbocycles. The lowest BCUT2D eigenvalue weighted by atomic mass is 9.88. The van der Waals surface area contributed by atoms with Gasteiger partial charge in [-0.3, -0.25) is 0 Å². The van der Waals surface area contributed by atoms with Crippen LogP contribution in [0.3, 0.4) is 0 Å². The lowest BCUT2D eigenvalue weighted by Gasteiger charge is -2.22. The van der Waals surface area contributed by atoms with E-state index in [9.17, 15) is 0 Å². The summed E-state index contributed by atoms with van der Waals surface area (Å²) in [4.78, 5) is 0. The third-order valence-electron chi connectivity index (χ3n) is 3.96. The molecule has 0 heterocycles. The minimum Gasteiger partial charge on any atom is -0.313 e. The fourth-order valence-corrected chi connectivity index (χ4v) is 2.67. The summed E-state index contributed by atoms with van der Waals surface area (Å²) in [7, 11) is 0. The highest BCUT2D eigenvalue weighted by atomic mass is 35.5. The quantitative estimate of drug-likeness (QED) is 0.759. The van der Waals surface area contributed by atoms with E-state index in [0.717, 1.165) is 23.5 Å². The van der Waals surface area contributed by atoms with E-state index >= 15 is 0 Å². The number of benzene rings is 1. The highest BCUT2D eigenvalue weighted by molar-refractivity contribution is 6.31. The lowest BCUT2D eigenvalue weighted by molar-refractivity contribution is 0.435. The Morgan fingerprint density at radius 2 is 2.06 bits per heavy atom. The van der Waals surface area contributed by atoms with Gasteiger partial charge in [-0.1, -0.05) is 50.1 Å². The zero-order valence-corrected chi connectivity index (χ0v) is 12.2. The molecule has 0 aromatic heterocycles. The van der Waals surface area contributed by atoms with Gasteiger partial charge in [0.05, 0.1) is 0 Å². The number of halogens is 1. The van der Waals surface area contributed by atoms with Crippen molar-refractivity contribution in [2.75, 3.05) is 6.54 Å². The Balaban J connectivity index is 2.04. The average molecular weight is 266 g/mol. The zero-order chi connectivity index (χ0) is 13.0. The highest BCUT2D eigenvalue weighted by Gasteiger charge is 2.23. The third kappa shape index (κ3) is 4.00. The molecule has 0 radical (unpaired) electrons. The Kier molecular flexibility index (Phi) is 5.08. The molecule has 1 fully saturated rings. The van der Waals surface area contributed by atoms with Crippen LogP contribution >= 0.6 is 11.6 Å². The normalized spacial score (nSPS) is 18.6. The van der Waals surface area contributed by atoms with E-state index in [1.165, 1.54) is 31.2 Å². The first-order valence-electron chi connectivity index (χ1n) is 7.18. The molecule has 1 aromatic carbocycles. The molecular formula is C16H24ClN. The second kappa shape index (κ2) is 6.58. The van der Waals surface area contributed by atoms with E-state index in [-0.39, 0.29) is 0 Å². The molecule has 0 spiro atoms. The molecule has 18 heavy (non-hydrogen) atoms. The Hall–Kier alpha value is -0.530. The van der Waals surface area contributed by atoms with Crippen molar-refractivity contribution in [2.24, 2.45) is 5.92 Å². The smallest absolute Gasteiger partial charge is 0.0441 e. The van der Waals surface area contributed by atoms with Crippen LogP contribution in [-0.4, -0.2) is 12.6 Å². The van der Waals surface area contributed by atoms with Crippen molar-refractivity contribution < 1.29 is 0 Å². The summed E-state index contributed by atoms with van der Waals surface area (Å²) in [5, 5.41) is 4.57. The first-order chi connectivity index (χ1) is 8.70. The summed E-state index contributed by atoms with van der Waals surface area (Å²) in [5.74, 6) is 1.31. The van der Waals surface area contributed by atoms with E-state index < -0.39 is 0 Å². The second-order valence-electron chi connectivity index (χ2n) is 5.65. The molecule has 0 amide bonds. The molecule has 2 heteroatoms. The Morgan fingerprint density at radius 3 is 2.67 bits per heavy atom. The van der Waals surface area contributed by atoms with Gasteiger partial charge in [0.25, 0.3) is 0 Å². The SMILES string of the molecule is CCC(C)CC(CNC1CC1)c1ccccc1Cl. The Morgan fingerprint density at radius 1 is 1.33 bits per heavy atom. The summed E-state index contributed by atoms with van der Waals surface area (Å²) >= 11 is 6.35. The van der Waals surface area contributed by atoms with Crippen LogP contribution in [0.1, 0.15) is 51.0 Å². The van der Waals surface area contributed by atoms with Gasteiger partial charge >= 0.3 is 0 Å². The van der Waals surface area contributed by atoms with Crippen LogP contribution in [0.15, 0.2) is 24.3 Å². The first kappa shape index (κ1) is 13.9. The predicted molar refractivity (Wildman–Crippen MR) is 79.3 cm³/mol. The Bertz CT molecular complexity index is 373. The molecule has 100 valence electrons. The fourth-order valence-electron chi connectivity index (χ4n) is 2.38. The predicted octanol–water partition coefficient (Wildman–Crippen LogP) is 4.61. The molecule has 1 N–H and O–H groups in total. The molecule has 1 nitrogen and oxygen atoms in total. The second-order valence-corrected chi connectivity index (χ2v) is 6.06. The molecule has 0 aliphatic heterocycles.